The summed E-state index contributed by atoms with van der Waals surface area (Å²) in [5.74, 6) is -0.745. The van der Waals surface area contributed by atoms with Crippen LogP contribution in [0.25, 0.3) is 0 Å². The number of rotatable bonds is 6. The van der Waals surface area contributed by atoms with Crippen LogP contribution in [0.2, 0.25) is 0 Å². The van der Waals surface area contributed by atoms with Crippen LogP contribution in [-0.4, -0.2) is 55.3 Å². The highest BCUT2D eigenvalue weighted by Gasteiger charge is 2.23. The number of nitrogens with one attached hydrogen (secondary N) is 1. The average molecular weight is 469 g/mol. The number of benzene rings is 2. The van der Waals surface area contributed by atoms with Gasteiger partial charge in [0.1, 0.15) is 5.82 Å². The molecule has 0 saturated carbocycles. The van der Waals surface area contributed by atoms with Crippen LogP contribution in [0.15, 0.2) is 71.9 Å². The molecule has 1 aliphatic rings. The number of pyridine rings is 1. The third kappa shape index (κ3) is 5.55. The van der Waals surface area contributed by atoms with Crippen molar-refractivity contribution in [3.8, 4) is 0 Å². The summed E-state index contributed by atoms with van der Waals surface area (Å²) in [7, 11) is -3.98. The Kier molecular flexibility index (Phi) is 6.71. The van der Waals surface area contributed by atoms with Crippen molar-refractivity contribution in [3.05, 3.63) is 89.5 Å². The molecule has 0 radical (unpaired) electrons. The van der Waals surface area contributed by atoms with Gasteiger partial charge in [-0.15, -0.1) is 0 Å². The molecule has 33 heavy (non-hydrogen) atoms. The molecule has 0 atom stereocenters. The smallest absolute Gasteiger partial charge is 0.261 e. The number of carbonyl (C=O) groups excluding carboxylic acids is 1. The number of amides is 1. The van der Waals surface area contributed by atoms with Crippen LogP contribution in [0.4, 0.5) is 10.1 Å². The summed E-state index contributed by atoms with van der Waals surface area (Å²) in [6.07, 6.45) is 3.54. The Morgan fingerprint density at radius 3 is 2.45 bits per heavy atom. The van der Waals surface area contributed by atoms with Gasteiger partial charge in [-0.2, -0.15) is 0 Å². The minimum atomic E-state index is -3.98. The third-order valence-electron chi connectivity index (χ3n) is 5.63. The summed E-state index contributed by atoms with van der Waals surface area (Å²) in [6, 6.07) is 14.1. The van der Waals surface area contributed by atoms with Crippen molar-refractivity contribution in [2.75, 3.05) is 30.9 Å². The molecule has 1 amide bonds. The molecular weight excluding hydrogens is 443 g/mol. The molecule has 4 rings (SSSR count). The minimum Gasteiger partial charge on any atom is -0.336 e. The molecule has 0 aliphatic carbocycles. The molecule has 2 aromatic carbocycles. The van der Waals surface area contributed by atoms with Crippen molar-refractivity contribution < 1.29 is 17.6 Å². The molecular formula is C24H25FN4O3S. The number of hydrogen-bond donors (Lipinski definition) is 1. The number of nitrogens with zero attached hydrogens (tertiary/aromatic N) is 3. The van der Waals surface area contributed by atoms with E-state index in [1.165, 1.54) is 23.8 Å². The van der Waals surface area contributed by atoms with Crippen LogP contribution in [0.1, 0.15) is 21.5 Å². The number of hydrogen-bond acceptors (Lipinski definition) is 5. The Hall–Kier alpha value is -3.30. The van der Waals surface area contributed by atoms with Crippen LogP contribution >= 0.6 is 0 Å². The maximum atomic E-state index is 13.8. The normalized spacial score (nSPS) is 14.8. The van der Waals surface area contributed by atoms with Crippen LogP contribution < -0.4 is 4.72 Å². The van der Waals surface area contributed by atoms with Gasteiger partial charge < -0.3 is 4.90 Å². The summed E-state index contributed by atoms with van der Waals surface area (Å²) in [6.45, 7) is 5.04. The molecule has 0 bridgehead atoms. The second kappa shape index (κ2) is 9.68. The van der Waals surface area contributed by atoms with E-state index in [4.69, 9.17) is 0 Å². The SMILES string of the molecule is Cc1ccc(S(=O)(=O)Nc2cccc(C(=O)N3CCN(Cc4ccncc4)CC3)c2)cc1F. The van der Waals surface area contributed by atoms with Gasteiger partial charge in [-0.1, -0.05) is 12.1 Å². The van der Waals surface area contributed by atoms with Crippen molar-refractivity contribution in [2.24, 2.45) is 0 Å². The van der Waals surface area contributed by atoms with Gasteiger partial charge in [0.15, 0.2) is 0 Å². The zero-order valence-corrected chi connectivity index (χ0v) is 19.1. The molecule has 0 unspecified atom stereocenters. The van der Waals surface area contributed by atoms with Crippen LogP contribution in [-0.2, 0) is 16.6 Å². The average Bonchev–Trinajstić information content (AvgIpc) is 2.81. The Bertz CT molecular complexity index is 1240. The van der Waals surface area contributed by atoms with Gasteiger partial charge in [0, 0.05) is 56.4 Å². The lowest BCUT2D eigenvalue weighted by Gasteiger charge is -2.34. The van der Waals surface area contributed by atoms with Crippen LogP contribution in [0.5, 0.6) is 0 Å². The minimum absolute atomic E-state index is 0.152. The molecule has 172 valence electrons. The lowest BCUT2D eigenvalue weighted by molar-refractivity contribution is 0.0628. The van der Waals surface area contributed by atoms with Crippen molar-refractivity contribution >= 4 is 21.6 Å². The topological polar surface area (TPSA) is 82.6 Å². The molecule has 1 N–H and O–H groups in total. The highest BCUT2D eigenvalue weighted by Crippen LogP contribution is 2.20. The summed E-state index contributed by atoms with van der Waals surface area (Å²) in [5.41, 5.74) is 2.19. The Labute approximate surface area is 192 Å². The fraction of sp³-hybridized carbons (Fsp3) is 0.250. The molecule has 1 saturated heterocycles. The number of sulfonamides is 1. The van der Waals surface area contributed by atoms with E-state index in [9.17, 15) is 17.6 Å². The standard InChI is InChI=1S/C24H25FN4O3S/c1-18-5-6-22(16-23(18)25)33(31,32)27-21-4-2-3-20(15-21)24(30)29-13-11-28(12-14-29)17-19-7-9-26-10-8-19/h2-10,15-16,27H,11-14,17H2,1H3. The van der Waals surface area contributed by atoms with Gasteiger partial charge in [-0.05, 0) is 60.5 Å². The molecule has 1 aromatic heterocycles. The summed E-state index contributed by atoms with van der Waals surface area (Å²) >= 11 is 0. The first-order valence-electron chi connectivity index (χ1n) is 10.6. The largest absolute Gasteiger partial charge is 0.336 e. The third-order valence-corrected chi connectivity index (χ3v) is 7.01. The lowest BCUT2D eigenvalue weighted by Crippen LogP contribution is -2.48. The highest BCUT2D eigenvalue weighted by molar-refractivity contribution is 7.92. The predicted octanol–water partition coefficient (Wildman–Crippen LogP) is 3.29. The zero-order chi connectivity index (χ0) is 23.4. The van der Waals surface area contributed by atoms with Gasteiger partial charge in [0.25, 0.3) is 15.9 Å². The second-order valence-electron chi connectivity index (χ2n) is 8.02. The van der Waals surface area contributed by atoms with E-state index >= 15 is 0 Å². The van der Waals surface area contributed by atoms with E-state index in [2.05, 4.69) is 14.6 Å². The van der Waals surface area contributed by atoms with Gasteiger partial charge in [-0.3, -0.25) is 19.4 Å². The van der Waals surface area contributed by atoms with Crippen LogP contribution in [0, 0.1) is 12.7 Å². The van der Waals surface area contributed by atoms with E-state index in [1.807, 2.05) is 12.1 Å². The number of piperazine rings is 1. The van der Waals surface area contributed by atoms with Gasteiger partial charge in [0.05, 0.1) is 4.90 Å². The van der Waals surface area contributed by atoms with Gasteiger partial charge >= 0.3 is 0 Å². The quantitative estimate of drug-likeness (QED) is 0.600. The monoisotopic (exact) mass is 468 g/mol. The maximum absolute atomic E-state index is 13.8. The lowest BCUT2D eigenvalue weighted by atomic mass is 10.1. The molecule has 3 aromatic rings. The molecule has 2 heterocycles. The molecule has 1 aliphatic heterocycles. The number of aryl methyl sites for hydroxylation is 1. The maximum Gasteiger partial charge on any atom is 0.261 e. The first kappa shape index (κ1) is 22.9. The fourth-order valence-electron chi connectivity index (χ4n) is 3.71. The van der Waals surface area contributed by atoms with Crippen LogP contribution in [0.3, 0.4) is 0 Å². The summed E-state index contributed by atoms with van der Waals surface area (Å²) < 4.78 is 41.6. The van der Waals surface area contributed by atoms with E-state index in [0.29, 0.717) is 24.2 Å². The Morgan fingerprint density at radius 2 is 1.76 bits per heavy atom. The molecule has 0 spiro atoms. The fourth-order valence-corrected chi connectivity index (χ4v) is 4.77. The molecule has 9 heteroatoms. The van der Waals surface area contributed by atoms with Crippen molar-refractivity contribution in [1.29, 1.82) is 0 Å². The van der Waals surface area contributed by atoms with E-state index in [1.54, 1.807) is 42.4 Å². The Balaban J connectivity index is 1.40. The van der Waals surface area contributed by atoms with E-state index in [0.717, 1.165) is 25.7 Å². The molecule has 7 nitrogen and oxygen atoms in total. The first-order valence-corrected chi connectivity index (χ1v) is 12.1. The van der Waals surface area contributed by atoms with E-state index < -0.39 is 15.8 Å². The van der Waals surface area contributed by atoms with Crippen molar-refractivity contribution in [3.63, 3.8) is 0 Å². The number of anilines is 1. The highest BCUT2D eigenvalue weighted by atomic mass is 32.2. The van der Waals surface area contributed by atoms with Crippen molar-refractivity contribution in [2.45, 2.75) is 18.4 Å². The summed E-state index contributed by atoms with van der Waals surface area (Å²) in [5, 5.41) is 0. The van der Waals surface area contributed by atoms with Gasteiger partial charge in [0.2, 0.25) is 0 Å². The van der Waals surface area contributed by atoms with E-state index in [-0.39, 0.29) is 16.5 Å². The van der Waals surface area contributed by atoms with Gasteiger partial charge in [-0.25, -0.2) is 12.8 Å². The second-order valence-corrected chi connectivity index (χ2v) is 9.70. The van der Waals surface area contributed by atoms with Crippen molar-refractivity contribution in [1.82, 2.24) is 14.8 Å². The first-order chi connectivity index (χ1) is 15.8. The number of aromatic nitrogens is 1. The summed E-state index contributed by atoms with van der Waals surface area (Å²) in [4.78, 5) is 20.9. The Morgan fingerprint density at radius 1 is 1.03 bits per heavy atom. The number of halogens is 1. The molecule has 1 fully saturated rings. The predicted molar refractivity (Wildman–Crippen MR) is 124 cm³/mol. The zero-order valence-electron chi connectivity index (χ0n) is 18.2. The number of carbonyl (C=O) groups is 1.